The Morgan fingerprint density at radius 1 is 1.50 bits per heavy atom. The third-order valence-electron chi connectivity index (χ3n) is 3.86. The lowest BCUT2D eigenvalue weighted by atomic mass is 10.2. The van der Waals surface area contributed by atoms with Gasteiger partial charge in [0.25, 0.3) is 0 Å². The van der Waals surface area contributed by atoms with Gasteiger partial charge in [0, 0.05) is 13.1 Å². The van der Waals surface area contributed by atoms with Crippen molar-refractivity contribution in [1.82, 2.24) is 20.1 Å². The van der Waals surface area contributed by atoms with E-state index in [1.165, 1.54) is 11.8 Å². The molecule has 1 aliphatic rings. The van der Waals surface area contributed by atoms with E-state index in [1.807, 2.05) is 20.0 Å². The number of carbonyl (C=O) groups excluding carboxylic acids is 1. The topological polar surface area (TPSA) is 107 Å². The summed E-state index contributed by atoms with van der Waals surface area (Å²) >= 11 is 1.26. The molecule has 24 heavy (non-hydrogen) atoms. The Bertz CT molecular complexity index is 856. The van der Waals surface area contributed by atoms with Crippen LogP contribution in [0.25, 0.3) is 11.4 Å². The van der Waals surface area contributed by atoms with Gasteiger partial charge in [0.2, 0.25) is 5.91 Å². The molecule has 1 N–H and O–H groups in total. The fourth-order valence-electron chi connectivity index (χ4n) is 2.60. The molecular weight excluding hydrogens is 352 g/mol. The molecule has 1 atom stereocenters. The van der Waals surface area contributed by atoms with Gasteiger partial charge in [0.05, 0.1) is 29.1 Å². The summed E-state index contributed by atoms with van der Waals surface area (Å²) in [4.78, 5) is 12.0. The highest BCUT2D eigenvalue weighted by Crippen LogP contribution is 2.25. The summed E-state index contributed by atoms with van der Waals surface area (Å²) in [6.07, 6.45) is 2.07. The smallest absolute Gasteiger partial charge is 0.230 e. The lowest BCUT2D eigenvalue weighted by Crippen LogP contribution is -2.36. The molecular formula is C14H18N4O4S2. The summed E-state index contributed by atoms with van der Waals surface area (Å²) in [7, 11) is -1.17. The fourth-order valence-corrected chi connectivity index (χ4v) is 5.00. The fraction of sp³-hybridized carbons (Fsp3) is 0.500. The standard InChI is InChI=1S/C14H18N4O4S2/c1-9-11(3-5-22-9)13-16-17-14(18(13)2)23-7-12(19)15-10-4-6-24(20,21)8-10/h3,5,10H,4,6-8H2,1-2H3,(H,15,19). The van der Waals surface area contributed by atoms with Crippen molar-refractivity contribution >= 4 is 27.5 Å². The minimum Gasteiger partial charge on any atom is -0.469 e. The minimum absolute atomic E-state index is 0.0251. The molecule has 10 heteroatoms. The number of nitrogens with zero attached hydrogens (tertiary/aromatic N) is 3. The van der Waals surface area contributed by atoms with E-state index in [4.69, 9.17) is 4.42 Å². The number of aryl methyl sites for hydroxylation is 1. The van der Waals surface area contributed by atoms with Crippen LogP contribution >= 0.6 is 11.8 Å². The summed E-state index contributed by atoms with van der Waals surface area (Å²) in [5.74, 6) is 1.55. The number of nitrogens with one attached hydrogen (secondary N) is 1. The zero-order valence-corrected chi connectivity index (χ0v) is 15.0. The van der Waals surface area contributed by atoms with Crippen molar-refractivity contribution in [1.29, 1.82) is 0 Å². The van der Waals surface area contributed by atoms with Gasteiger partial charge in [-0.05, 0) is 19.4 Å². The minimum atomic E-state index is -3.00. The average Bonchev–Trinajstić information content (AvgIpc) is 3.17. The van der Waals surface area contributed by atoms with Crippen molar-refractivity contribution < 1.29 is 17.6 Å². The van der Waals surface area contributed by atoms with Crippen LogP contribution in [0.2, 0.25) is 0 Å². The highest BCUT2D eigenvalue weighted by molar-refractivity contribution is 7.99. The zero-order valence-electron chi connectivity index (χ0n) is 13.4. The first-order valence-corrected chi connectivity index (χ1v) is 10.2. The maximum Gasteiger partial charge on any atom is 0.230 e. The van der Waals surface area contributed by atoms with E-state index in [2.05, 4.69) is 15.5 Å². The van der Waals surface area contributed by atoms with Gasteiger partial charge < -0.3 is 14.3 Å². The number of thioether (sulfide) groups is 1. The van der Waals surface area contributed by atoms with Crippen LogP contribution in [0.4, 0.5) is 0 Å². The van der Waals surface area contributed by atoms with Crippen LogP contribution in [0, 0.1) is 6.92 Å². The number of aromatic nitrogens is 3. The second-order valence-corrected chi connectivity index (χ2v) is 8.88. The van der Waals surface area contributed by atoms with E-state index < -0.39 is 9.84 Å². The molecule has 3 heterocycles. The lowest BCUT2D eigenvalue weighted by Gasteiger charge is -2.10. The van der Waals surface area contributed by atoms with E-state index in [0.29, 0.717) is 17.4 Å². The van der Waals surface area contributed by atoms with Crippen molar-refractivity contribution in [2.75, 3.05) is 17.3 Å². The average molecular weight is 370 g/mol. The number of hydrogen-bond acceptors (Lipinski definition) is 7. The van der Waals surface area contributed by atoms with Gasteiger partial charge in [-0.25, -0.2) is 8.42 Å². The summed E-state index contributed by atoms with van der Waals surface area (Å²) < 4.78 is 29.9. The molecule has 8 nitrogen and oxygen atoms in total. The molecule has 0 bridgehead atoms. The highest BCUT2D eigenvalue weighted by atomic mass is 32.2. The molecule has 0 aliphatic carbocycles. The second kappa shape index (κ2) is 6.60. The summed E-state index contributed by atoms with van der Waals surface area (Å²) in [6, 6.07) is 1.54. The summed E-state index contributed by atoms with van der Waals surface area (Å²) in [6.45, 7) is 1.85. The molecule has 1 saturated heterocycles. The second-order valence-electron chi connectivity index (χ2n) is 5.71. The zero-order chi connectivity index (χ0) is 17.3. The number of carbonyl (C=O) groups is 1. The molecule has 1 amide bonds. The molecule has 0 radical (unpaired) electrons. The molecule has 0 aromatic carbocycles. The van der Waals surface area contributed by atoms with Gasteiger partial charge >= 0.3 is 0 Å². The Kier molecular flexibility index (Phi) is 4.68. The Morgan fingerprint density at radius 3 is 2.92 bits per heavy atom. The van der Waals surface area contributed by atoms with Gasteiger partial charge in [-0.3, -0.25) is 4.79 Å². The first-order chi connectivity index (χ1) is 11.4. The van der Waals surface area contributed by atoms with E-state index in [9.17, 15) is 13.2 Å². The lowest BCUT2D eigenvalue weighted by molar-refractivity contribution is -0.119. The van der Waals surface area contributed by atoms with Crippen LogP contribution in [-0.2, 0) is 21.7 Å². The van der Waals surface area contributed by atoms with Crippen LogP contribution in [0.3, 0.4) is 0 Å². The van der Waals surface area contributed by atoms with Gasteiger partial charge in [-0.2, -0.15) is 0 Å². The van der Waals surface area contributed by atoms with E-state index in [1.54, 1.807) is 10.8 Å². The van der Waals surface area contributed by atoms with Crippen LogP contribution in [0.1, 0.15) is 12.2 Å². The molecule has 0 spiro atoms. The monoisotopic (exact) mass is 370 g/mol. The molecule has 130 valence electrons. The van der Waals surface area contributed by atoms with Crippen LogP contribution < -0.4 is 5.32 Å². The Labute approximate surface area is 143 Å². The Balaban J connectivity index is 1.58. The molecule has 2 aromatic rings. The largest absolute Gasteiger partial charge is 0.469 e. The van der Waals surface area contributed by atoms with Crippen LogP contribution in [-0.4, -0.2) is 52.4 Å². The van der Waals surface area contributed by atoms with E-state index in [-0.39, 0.29) is 29.2 Å². The predicted molar refractivity (Wildman–Crippen MR) is 89.4 cm³/mol. The SMILES string of the molecule is Cc1occc1-c1nnc(SCC(=O)NC2CCS(=O)(=O)C2)n1C. The molecule has 1 aliphatic heterocycles. The highest BCUT2D eigenvalue weighted by Gasteiger charge is 2.29. The number of sulfone groups is 1. The Hall–Kier alpha value is -1.81. The van der Waals surface area contributed by atoms with Crippen molar-refractivity contribution in [2.45, 2.75) is 24.5 Å². The van der Waals surface area contributed by atoms with Crippen LogP contribution in [0.5, 0.6) is 0 Å². The maximum absolute atomic E-state index is 12.0. The number of hydrogen-bond donors (Lipinski definition) is 1. The third-order valence-corrected chi connectivity index (χ3v) is 6.65. The number of amides is 1. The summed E-state index contributed by atoms with van der Waals surface area (Å²) in [5.41, 5.74) is 0.859. The van der Waals surface area contributed by atoms with Crippen molar-refractivity contribution in [2.24, 2.45) is 7.05 Å². The maximum atomic E-state index is 12.0. The van der Waals surface area contributed by atoms with Crippen molar-refractivity contribution in [3.8, 4) is 11.4 Å². The Morgan fingerprint density at radius 2 is 2.29 bits per heavy atom. The quantitative estimate of drug-likeness (QED) is 0.775. The molecule has 2 aromatic heterocycles. The van der Waals surface area contributed by atoms with Gasteiger partial charge in [0.1, 0.15) is 5.76 Å². The van der Waals surface area contributed by atoms with Gasteiger partial charge in [-0.15, -0.1) is 10.2 Å². The third kappa shape index (κ3) is 3.64. The van der Waals surface area contributed by atoms with Gasteiger partial charge in [-0.1, -0.05) is 11.8 Å². The van der Waals surface area contributed by atoms with Crippen molar-refractivity contribution in [3.05, 3.63) is 18.1 Å². The van der Waals surface area contributed by atoms with Crippen LogP contribution in [0.15, 0.2) is 21.9 Å². The van der Waals surface area contributed by atoms with Gasteiger partial charge in [0.15, 0.2) is 20.8 Å². The predicted octanol–water partition coefficient (Wildman–Crippen LogP) is 0.779. The molecule has 0 saturated carbocycles. The normalized spacial score (nSPS) is 19.5. The first-order valence-electron chi connectivity index (χ1n) is 7.42. The van der Waals surface area contributed by atoms with Crippen molar-refractivity contribution in [3.63, 3.8) is 0 Å². The molecule has 1 fully saturated rings. The first kappa shape index (κ1) is 17.0. The summed E-state index contributed by atoms with van der Waals surface area (Å²) in [5, 5.41) is 11.6. The number of rotatable bonds is 5. The van der Waals surface area contributed by atoms with E-state index >= 15 is 0 Å². The molecule has 1 unspecified atom stereocenters. The number of furan rings is 1. The molecule has 3 rings (SSSR count). The van der Waals surface area contributed by atoms with E-state index in [0.717, 1.165) is 11.3 Å².